The summed E-state index contributed by atoms with van der Waals surface area (Å²) in [6.45, 7) is 4.43. The summed E-state index contributed by atoms with van der Waals surface area (Å²) in [5.74, 6) is -0.181. The monoisotopic (exact) mass is 276 g/mol. The van der Waals surface area contributed by atoms with Gasteiger partial charge >= 0.3 is 0 Å². The van der Waals surface area contributed by atoms with E-state index in [9.17, 15) is 13.2 Å². The van der Waals surface area contributed by atoms with Crippen molar-refractivity contribution in [3.63, 3.8) is 0 Å². The van der Waals surface area contributed by atoms with Crippen LogP contribution in [0.4, 0.5) is 0 Å². The van der Waals surface area contributed by atoms with Gasteiger partial charge in [0.2, 0.25) is 10.0 Å². The number of nitrogens with one attached hydrogen (secondary N) is 1. The Bertz CT molecular complexity index is 491. The fraction of sp³-hybridized carbons (Fsp3) is 0.500. The molecular weight excluding hydrogens is 260 g/mol. The fourth-order valence-corrected chi connectivity index (χ4v) is 3.33. The summed E-state index contributed by atoms with van der Waals surface area (Å²) in [6, 6.07) is 1.30. The summed E-state index contributed by atoms with van der Waals surface area (Å²) in [5, 5.41) is 1.41. The second-order valence-electron chi connectivity index (χ2n) is 4.09. The minimum absolute atomic E-state index is 0.0973. The first-order valence-corrected chi connectivity index (χ1v) is 7.57. The van der Waals surface area contributed by atoms with Gasteiger partial charge in [0.25, 0.3) is 5.91 Å². The van der Waals surface area contributed by atoms with Gasteiger partial charge in [0, 0.05) is 11.9 Å². The summed E-state index contributed by atoms with van der Waals surface area (Å²) >= 11 is 1.03. The van der Waals surface area contributed by atoms with E-state index in [4.69, 9.17) is 5.73 Å². The molecule has 1 aromatic rings. The molecule has 0 radical (unpaired) electrons. The van der Waals surface area contributed by atoms with Gasteiger partial charge in [0.05, 0.1) is 9.77 Å². The number of thiophene rings is 1. The third-order valence-corrected chi connectivity index (χ3v) is 4.68. The number of sulfonamides is 1. The number of primary amides is 1. The molecule has 96 valence electrons. The van der Waals surface area contributed by atoms with E-state index in [2.05, 4.69) is 4.72 Å². The van der Waals surface area contributed by atoms with E-state index in [1.54, 1.807) is 0 Å². The molecule has 5 nitrogen and oxygen atoms in total. The fourth-order valence-electron chi connectivity index (χ4n) is 1.15. The summed E-state index contributed by atoms with van der Waals surface area (Å²) in [6.07, 6.45) is 0.770. The number of amides is 1. The van der Waals surface area contributed by atoms with E-state index in [0.29, 0.717) is 12.5 Å². The van der Waals surface area contributed by atoms with Crippen molar-refractivity contribution in [2.24, 2.45) is 11.7 Å². The minimum atomic E-state index is -3.52. The van der Waals surface area contributed by atoms with Crippen molar-refractivity contribution in [2.75, 3.05) is 6.54 Å². The first-order chi connectivity index (χ1) is 7.83. The van der Waals surface area contributed by atoms with Crippen LogP contribution in [0.1, 0.15) is 29.9 Å². The first kappa shape index (κ1) is 14.1. The molecule has 0 unspecified atom stereocenters. The van der Waals surface area contributed by atoms with Gasteiger partial charge in [0.1, 0.15) is 0 Å². The van der Waals surface area contributed by atoms with Crippen molar-refractivity contribution < 1.29 is 13.2 Å². The van der Waals surface area contributed by atoms with Crippen LogP contribution in [0.25, 0.3) is 0 Å². The molecule has 0 spiro atoms. The van der Waals surface area contributed by atoms with Crippen molar-refractivity contribution in [1.82, 2.24) is 4.72 Å². The van der Waals surface area contributed by atoms with Crippen LogP contribution < -0.4 is 10.5 Å². The third-order valence-electron chi connectivity index (χ3n) is 2.14. The summed E-state index contributed by atoms with van der Waals surface area (Å²) in [7, 11) is -3.52. The topological polar surface area (TPSA) is 89.3 Å². The van der Waals surface area contributed by atoms with Crippen LogP contribution in [0, 0.1) is 5.92 Å². The lowest BCUT2D eigenvalue weighted by atomic mass is 10.1. The van der Waals surface area contributed by atoms with Gasteiger partial charge in [0.15, 0.2) is 0 Å². The first-order valence-electron chi connectivity index (χ1n) is 5.21. The molecule has 0 aliphatic heterocycles. The molecule has 1 aromatic heterocycles. The van der Waals surface area contributed by atoms with E-state index in [1.165, 1.54) is 11.4 Å². The van der Waals surface area contributed by atoms with Gasteiger partial charge in [-0.1, -0.05) is 13.8 Å². The summed E-state index contributed by atoms with van der Waals surface area (Å²) < 4.78 is 26.1. The Kier molecular flexibility index (Phi) is 4.67. The molecule has 1 amide bonds. The Morgan fingerprint density at radius 2 is 2.18 bits per heavy atom. The highest BCUT2D eigenvalue weighted by Gasteiger charge is 2.17. The van der Waals surface area contributed by atoms with E-state index in [0.717, 1.165) is 17.8 Å². The van der Waals surface area contributed by atoms with Crippen LogP contribution in [0.15, 0.2) is 16.3 Å². The lowest BCUT2D eigenvalue weighted by Crippen LogP contribution is -2.25. The third kappa shape index (κ3) is 4.10. The molecule has 0 fully saturated rings. The van der Waals surface area contributed by atoms with Crippen molar-refractivity contribution in [3.05, 3.63) is 16.3 Å². The van der Waals surface area contributed by atoms with E-state index < -0.39 is 15.9 Å². The maximum Gasteiger partial charge on any atom is 0.258 e. The maximum atomic E-state index is 11.8. The Hall–Kier alpha value is -0.920. The second-order valence-corrected chi connectivity index (χ2v) is 6.77. The molecule has 0 atom stereocenters. The van der Waals surface area contributed by atoms with Gasteiger partial charge in [-0.25, -0.2) is 13.1 Å². The maximum absolute atomic E-state index is 11.8. The highest BCUT2D eigenvalue weighted by atomic mass is 32.2. The molecule has 3 N–H and O–H groups in total. The number of carbonyl (C=O) groups excluding carboxylic acids is 1. The predicted molar refractivity (Wildman–Crippen MR) is 67.5 cm³/mol. The number of nitrogens with two attached hydrogens (primary N) is 1. The number of hydrogen-bond acceptors (Lipinski definition) is 4. The molecule has 0 bridgehead atoms. The Morgan fingerprint density at radius 3 is 2.65 bits per heavy atom. The van der Waals surface area contributed by atoms with Crippen LogP contribution in [-0.2, 0) is 10.0 Å². The quantitative estimate of drug-likeness (QED) is 0.817. The zero-order valence-corrected chi connectivity index (χ0v) is 11.4. The van der Waals surface area contributed by atoms with Crippen molar-refractivity contribution in [2.45, 2.75) is 25.2 Å². The van der Waals surface area contributed by atoms with Crippen LogP contribution >= 0.6 is 11.3 Å². The second kappa shape index (κ2) is 5.61. The average Bonchev–Trinajstić information content (AvgIpc) is 2.65. The molecule has 17 heavy (non-hydrogen) atoms. The standard InChI is InChI=1S/C10H16N2O3S2/c1-7(2)3-4-12-17(14,15)8-5-9(10(11)13)16-6-8/h5-7,12H,3-4H2,1-2H3,(H2,11,13). The number of rotatable bonds is 6. The zero-order valence-electron chi connectivity index (χ0n) is 9.76. The zero-order chi connectivity index (χ0) is 13.1. The van der Waals surface area contributed by atoms with Gasteiger partial charge in [-0.05, 0) is 18.4 Å². The van der Waals surface area contributed by atoms with Gasteiger partial charge < -0.3 is 5.73 Å². The van der Waals surface area contributed by atoms with Crippen LogP contribution in [0.2, 0.25) is 0 Å². The van der Waals surface area contributed by atoms with Gasteiger partial charge in [-0.2, -0.15) is 0 Å². The van der Waals surface area contributed by atoms with Crippen LogP contribution in [0.5, 0.6) is 0 Å². The van der Waals surface area contributed by atoms with Crippen LogP contribution in [0.3, 0.4) is 0 Å². The Morgan fingerprint density at radius 1 is 1.53 bits per heavy atom. The minimum Gasteiger partial charge on any atom is -0.365 e. The van der Waals surface area contributed by atoms with E-state index in [-0.39, 0.29) is 9.77 Å². The molecule has 0 saturated carbocycles. The molecule has 0 saturated heterocycles. The molecule has 1 heterocycles. The van der Waals surface area contributed by atoms with Crippen molar-refractivity contribution in [1.29, 1.82) is 0 Å². The van der Waals surface area contributed by atoms with Crippen molar-refractivity contribution >= 4 is 27.3 Å². The molecule has 7 heteroatoms. The smallest absolute Gasteiger partial charge is 0.258 e. The van der Waals surface area contributed by atoms with Crippen LogP contribution in [-0.4, -0.2) is 20.9 Å². The molecule has 0 aliphatic rings. The molecule has 1 rings (SSSR count). The van der Waals surface area contributed by atoms with E-state index in [1.807, 2.05) is 13.8 Å². The highest BCUT2D eigenvalue weighted by molar-refractivity contribution is 7.89. The summed E-state index contributed by atoms with van der Waals surface area (Å²) in [5.41, 5.74) is 5.07. The number of hydrogen-bond donors (Lipinski definition) is 2. The Labute approximate surface area is 105 Å². The SMILES string of the molecule is CC(C)CCNS(=O)(=O)c1csc(C(N)=O)c1. The largest absolute Gasteiger partial charge is 0.365 e. The predicted octanol–water partition coefficient (Wildman–Crippen LogP) is 1.17. The molecule has 0 aromatic carbocycles. The molecular formula is C10H16N2O3S2. The molecule has 0 aliphatic carbocycles. The normalized spacial score (nSPS) is 11.9. The average molecular weight is 276 g/mol. The highest BCUT2D eigenvalue weighted by Crippen LogP contribution is 2.18. The Balaban J connectivity index is 2.72. The van der Waals surface area contributed by atoms with Gasteiger partial charge in [-0.3, -0.25) is 4.79 Å². The lowest BCUT2D eigenvalue weighted by molar-refractivity contribution is 0.100. The van der Waals surface area contributed by atoms with Crippen molar-refractivity contribution in [3.8, 4) is 0 Å². The van der Waals surface area contributed by atoms with Gasteiger partial charge in [-0.15, -0.1) is 11.3 Å². The van der Waals surface area contributed by atoms with E-state index >= 15 is 0 Å². The number of carbonyl (C=O) groups is 1. The summed E-state index contributed by atoms with van der Waals surface area (Å²) in [4.78, 5) is 11.2. The lowest BCUT2D eigenvalue weighted by Gasteiger charge is -2.06.